The van der Waals surface area contributed by atoms with Crippen molar-refractivity contribution >= 4 is 5.69 Å². The van der Waals surface area contributed by atoms with Gasteiger partial charge in [0.2, 0.25) is 0 Å². The molecule has 3 nitrogen and oxygen atoms in total. The Morgan fingerprint density at radius 2 is 2.00 bits per heavy atom. The SMILES string of the molecule is Cc1cc(N(C)C2CCOCC2)c([C@H](C)O)cc1F. The zero-order valence-corrected chi connectivity index (χ0v) is 11.8. The summed E-state index contributed by atoms with van der Waals surface area (Å²) >= 11 is 0. The van der Waals surface area contributed by atoms with Crippen molar-refractivity contribution in [2.24, 2.45) is 0 Å². The van der Waals surface area contributed by atoms with Crippen LogP contribution in [-0.4, -0.2) is 31.4 Å². The third-order valence-corrected chi connectivity index (χ3v) is 3.88. The molecule has 1 aliphatic heterocycles. The van der Waals surface area contributed by atoms with Gasteiger partial charge in [-0.2, -0.15) is 0 Å². The molecule has 19 heavy (non-hydrogen) atoms. The molecule has 1 N–H and O–H groups in total. The van der Waals surface area contributed by atoms with Crippen LogP contribution >= 0.6 is 0 Å². The lowest BCUT2D eigenvalue weighted by atomic mass is 10.0. The van der Waals surface area contributed by atoms with Crippen molar-refractivity contribution in [3.05, 3.63) is 29.1 Å². The van der Waals surface area contributed by atoms with Crippen LogP contribution < -0.4 is 4.90 Å². The first-order valence-corrected chi connectivity index (χ1v) is 6.79. The first-order valence-electron chi connectivity index (χ1n) is 6.79. The summed E-state index contributed by atoms with van der Waals surface area (Å²) < 4.78 is 19.0. The van der Waals surface area contributed by atoms with Crippen molar-refractivity contribution in [1.82, 2.24) is 0 Å². The van der Waals surface area contributed by atoms with E-state index in [-0.39, 0.29) is 5.82 Å². The van der Waals surface area contributed by atoms with Crippen LogP contribution in [0.25, 0.3) is 0 Å². The van der Waals surface area contributed by atoms with Gasteiger partial charge in [0.1, 0.15) is 5.82 Å². The second kappa shape index (κ2) is 5.88. The zero-order valence-electron chi connectivity index (χ0n) is 11.8. The third kappa shape index (κ3) is 3.07. The lowest BCUT2D eigenvalue weighted by Gasteiger charge is -2.34. The highest BCUT2D eigenvalue weighted by Crippen LogP contribution is 2.31. The number of aryl methyl sites for hydroxylation is 1. The Kier molecular flexibility index (Phi) is 4.42. The van der Waals surface area contributed by atoms with Gasteiger partial charge in [0.25, 0.3) is 0 Å². The first-order chi connectivity index (χ1) is 9.00. The van der Waals surface area contributed by atoms with Crippen LogP contribution in [0.4, 0.5) is 10.1 Å². The van der Waals surface area contributed by atoms with Gasteiger partial charge in [-0.05, 0) is 44.4 Å². The third-order valence-electron chi connectivity index (χ3n) is 3.88. The van der Waals surface area contributed by atoms with Crippen LogP contribution in [0.15, 0.2) is 12.1 Å². The molecule has 0 amide bonds. The summed E-state index contributed by atoms with van der Waals surface area (Å²) in [5.41, 5.74) is 2.18. The van der Waals surface area contributed by atoms with Gasteiger partial charge in [0.15, 0.2) is 0 Å². The largest absolute Gasteiger partial charge is 0.389 e. The molecular weight excluding hydrogens is 245 g/mol. The normalized spacial score (nSPS) is 18.4. The molecule has 0 aliphatic carbocycles. The van der Waals surface area contributed by atoms with E-state index in [4.69, 9.17) is 4.74 Å². The number of anilines is 1. The van der Waals surface area contributed by atoms with Gasteiger partial charge < -0.3 is 14.7 Å². The summed E-state index contributed by atoms with van der Waals surface area (Å²) in [5, 5.41) is 9.85. The molecule has 0 saturated carbocycles. The van der Waals surface area contributed by atoms with Crippen LogP contribution in [0.1, 0.15) is 37.0 Å². The van der Waals surface area contributed by atoms with Crippen molar-refractivity contribution in [1.29, 1.82) is 0 Å². The van der Waals surface area contributed by atoms with Gasteiger partial charge in [-0.15, -0.1) is 0 Å². The van der Waals surface area contributed by atoms with E-state index in [0.29, 0.717) is 17.2 Å². The van der Waals surface area contributed by atoms with Crippen LogP contribution in [0, 0.1) is 12.7 Å². The maximum atomic E-state index is 13.7. The number of hydrogen-bond acceptors (Lipinski definition) is 3. The smallest absolute Gasteiger partial charge is 0.126 e. The van der Waals surface area contributed by atoms with E-state index in [1.54, 1.807) is 13.8 Å². The van der Waals surface area contributed by atoms with Gasteiger partial charge in [0, 0.05) is 37.6 Å². The molecule has 1 aromatic carbocycles. The fourth-order valence-electron chi connectivity index (χ4n) is 2.59. The summed E-state index contributed by atoms with van der Waals surface area (Å²) in [6.45, 7) is 4.95. The topological polar surface area (TPSA) is 32.7 Å². The quantitative estimate of drug-likeness (QED) is 0.914. The van der Waals surface area contributed by atoms with Crippen molar-refractivity contribution < 1.29 is 14.2 Å². The van der Waals surface area contributed by atoms with Crippen molar-refractivity contribution in [3.8, 4) is 0 Å². The highest BCUT2D eigenvalue weighted by Gasteiger charge is 2.22. The molecule has 1 atom stereocenters. The van der Waals surface area contributed by atoms with E-state index in [9.17, 15) is 9.50 Å². The first kappa shape index (κ1) is 14.3. The molecule has 0 radical (unpaired) electrons. The molecule has 0 bridgehead atoms. The van der Waals surface area contributed by atoms with Crippen LogP contribution in [-0.2, 0) is 4.74 Å². The lowest BCUT2D eigenvalue weighted by Crippen LogP contribution is -2.37. The van der Waals surface area contributed by atoms with Gasteiger partial charge in [-0.1, -0.05) is 0 Å². The Morgan fingerprint density at radius 3 is 2.58 bits per heavy atom. The Labute approximate surface area is 114 Å². The van der Waals surface area contributed by atoms with Gasteiger partial charge in [-0.3, -0.25) is 0 Å². The Bertz CT molecular complexity index is 442. The molecule has 1 fully saturated rings. The van der Waals surface area contributed by atoms with E-state index in [1.165, 1.54) is 6.07 Å². The Hall–Kier alpha value is -1.13. The minimum absolute atomic E-state index is 0.264. The van der Waals surface area contributed by atoms with E-state index in [2.05, 4.69) is 4.90 Å². The van der Waals surface area contributed by atoms with Crippen molar-refractivity contribution in [2.45, 2.75) is 38.8 Å². The van der Waals surface area contributed by atoms with Gasteiger partial charge in [0.05, 0.1) is 6.10 Å². The maximum absolute atomic E-state index is 13.7. The molecule has 106 valence electrons. The second-order valence-electron chi connectivity index (χ2n) is 5.29. The van der Waals surface area contributed by atoms with E-state index >= 15 is 0 Å². The average molecular weight is 267 g/mol. The molecule has 0 aromatic heterocycles. The number of aliphatic hydroxyl groups excluding tert-OH is 1. The molecule has 1 saturated heterocycles. The number of benzene rings is 1. The van der Waals surface area contributed by atoms with Gasteiger partial charge >= 0.3 is 0 Å². The van der Waals surface area contributed by atoms with Crippen LogP contribution in [0.3, 0.4) is 0 Å². The molecule has 1 heterocycles. The van der Waals surface area contributed by atoms with Crippen LogP contribution in [0.2, 0.25) is 0 Å². The summed E-state index contributed by atoms with van der Waals surface area (Å²) in [7, 11) is 2.01. The predicted molar refractivity (Wildman–Crippen MR) is 74.0 cm³/mol. The number of halogens is 1. The number of aliphatic hydroxyl groups is 1. The standard InChI is InChI=1S/C15H22FNO2/c1-10-8-15(13(11(2)18)9-14(10)16)17(3)12-4-6-19-7-5-12/h8-9,11-12,18H,4-7H2,1-3H3/t11-/m0/s1. The Morgan fingerprint density at radius 1 is 1.37 bits per heavy atom. The van der Waals surface area contributed by atoms with Gasteiger partial charge in [-0.25, -0.2) is 4.39 Å². The van der Waals surface area contributed by atoms with Crippen LogP contribution in [0.5, 0.6) is 0 Å². The maximum Gasteiger partial charge on any atom is 0.126 e. The summed E-state index contributed by atoms with van der Waals surface area (Å²) in [6.07, 6.45) is 1.26. The zero-order chi connectivity index (χ0) is 14.0. The number of hydrogen-bond donors (Lipinski definition) is 1. The molecule has 2 rings (SSSR count). The number of rotatable bonds is 3. The molecular formula is C15H22FNO2. The van der Waals surface area contributed by atoms with E-state index in [0.717, 1.165) is 31.7 Å². The monoisotopic (exact) mass is 267 g/mol. The molecule has 4 heteroatoms. The van der Waals surface area contributed by atoms with E-state index < -0.39 is 6.10 Å². The number of ether oxygens (including phenoxy) is 1. The summed E-state index contributed by atoms with van der Waals surface area (Å²) in [5.74, 6) is -0.264. The minimum Gasteiger partial charge on any atom is -0.389 e. The fourth-order valence-corrected chi connectivity index (χ4v) is 2.59. The fraction of sp³-hybridized carbons (Fsp3) is 0.600. The summed E-state index contributed by atoms with van der Waals surface area (Å²) in [6, 6.07) is 3.66. The Balaban J connectivity index is 2.33. The minimum atomic E-state index is -0.674. The lowest BCUT2D eigenvalue weighted by molar-refractivity contribution is 0.0853. The van der Waals surface area contributed by atoms with E-state index in [1.807, 2.05) is 13.1 Å². The molecule has 0 spiro atoms. The van der Waals surface area contributed by atoms with Crippen molar-refractivity contribution in [3.63, 3.8) is 0 Å². The van der Waals surface area contributed by atoms with Crippen molar-refractivity contribution in [2.75, 3.05) is 25.2 Å². The number of nitrogens with zero attached hydrogens (tertiary/aromatic N) is 1. The highest BCUT2D eigenvalue weighted by molar-refractivity contribution is 5.57. The average Bonchev–Trinajstić information content (AvgIpc) is 2.41. The molecule has 0 unspecified atom stereocenters. The predicted octanol–water partition coefficient (Wildman–Crippen LogP) is 2.80. The molecule has 1 aliphatic rings. The second-order valence-corrected chi connectivity index (χ2v) is 5.29. The highest BCUT2D eigenvalue weighted by atomic mass is 19.1. The summed E-state index contributed by atoms with van der Waals surface area (Å²) in [4.78, 5) is 2.15. The molecule has 1 aromatic rings.